The van der Waals surface area contributed by atoms with Crippen molar-refractivity contribution < 1.29 is 8.62 Å². The summed E-state index contributed by atoms with van der Waals surface area (Å²) in [5.74, 6) is -0.137. The van der Waals surface area contributed by atoms with Gasteiger partial charge in [0.05, 0.1) is 5.92 Å². The average molecular weight is 223 g/mol. The van der Waals surface area contributed by atoms with Crippen LogP contribution >= 0.6 is 16.3 Å². The number of hydrogen-bond donors (Lipinski definition) is 0. The van der Waals surface area contributed by atoms with Gasteiger partial charge >= 0.3 is 5.97 Å². The monoisotopic (exact) mass is 222 g/mol. The van der Waals surface area contributed by atoms with Crippen LogP contribution in [-0.2, 0) is 8.62 Å². The van der Waals surface area contributed by atoms with E-state index in [9.17, 15) is 4.79 Å². The molecule has 0 bridgehead atoms. The van der Waals surface area contributed by atoms with Gasteiger partial charge < -0.3 is 3.83 Å². The molecule has 66 valence electrons. The minimum atomic E-state index is -0.166. The Balaban J connectivity index is 3.36. The van der Waals surface area contributed by atoms with E-state index < -0.39 is 0 Å². The van der Waals surface area contributed by atoms with Gasteiger partial charge in [-0.05, 0) is 6.42 Å². The van der Waals surface area contributed by atoms with Crippen molar-refractivity contribution in [3.05, 3.63) is 0 Å². The summed E-state index contributed by atoms with van der Waals surface area (Å²) in [7, 11) is 0. The Labute approximate surface area is 76.8 Å². The van der Waals surface area contributed by atoms with Crippen LogP contribution in [0.1, 0.15) is 39.5 Å². The minimum absolute atomic E-state index is 0.0286. The molecule has 1 unspecified atom stereocenters. The Bertz CT molecular complexity index is 115. The zero-order valence-electron chi connectivity index (χ0n) is 7.10. The fourth-order valence-corrected chi connectivity index (χ4v) is 1.21. The molecule has 0 aromatic rings. The Morgan fingerprint density at radius 1 is 1.55 bits per heavy atom. The third kappa shape index (κ3) is 5.24. The summed E-state index contributed by atoms with van der Waals surface area (Å²) >= 11 is 2.67. The van der Waals surface area contributed by atoms with Gasteiger partial charge in [0.2, 0.25) is 0 Å². The van der Waals surface area contributed by atoms with Crippen molar-refractivity contribution in [2.45, 2.75) is 39.5 Å². The average Bonchev–Trinajstić information content (AvgIpc) is 2.03. The molecule has 11 heavy (non-hydrogen) atoms. The highest BCUT2D eigenvalue weighted by molar-refractivity contribution is 9.06. The molecule has 2 nitrogen and oxygen atoms in total. The van der Waals surface area contributed by atoms with Crippen LogP contribution in [0, 0.1) is 5.92 Å². The van der Waals surface area contributed by atoms with E-state index in [-0.39, 0.29) is 11.9 Å². The number of hydrogen-bond acceptors (Lipinski definition) is 2. The zero-order valence-corrected chi connectivity index (χ0v) is 8.69. The van der Waals surface area contributed by atoms with Gasteiger partial charge in [-0.2, -0.15) is 0 Å². The van der Waals surface area contributed by atoms with Crippen molar-refractivity contribution in [2.24, 2.45) is 5.92 Å². The van der Waals surface area contributed by atoms with Crippen molar-refractivity contribution in [3.8, 4) is 0 Å². The quantitative estimate of drug-likeness (QED) is 0.669. The second kappa shape index (κ2) is 6.65. The highest BCUT2D eigenvalue weighted by atomic mass is 79.9. The number of carbonyl (C=O) groups excluding carboxylic acids is 1. The smallest absolute Gasteiger partial charge is 0.320 e. The first-order valence-corrected chi connectivity index (χ1v) is 4.69. The van der Waals surface area contributed by atoms with E-state index in [0.717, 1.165) is 12.8 Å². The van der Waals surface area contributed by atoms with Gasteiger partial charge in [0.25, 0.3) is 0 Å². The summed E-state index contributed by atoms with van der Waals surface area (Å²) in [6.07, 6.45) is 4.42. The van der Waals surface area contributed by atoms with Gasteiger partial charge in [0.1, 0.15) is 0 Å². The van der Waals surface area contributed by atoms with E-state index in [2.05, 4.69) is 27.0 Å². The molecule has 0 heterocycles. The van der Waals surface area contributed by atoms with Crippen LogP contribution in [-0.4, -0.2) is 5.97 Å². The molecule has 0 aromatic heterocycles. The summed E-state index contributed by atoms with van der Waals surface area (Å²) in [5.41, 5.74) is 0. The van der Waals surface area contributed by atoms with Crippen molar-refractivity contribution in [1.82, 2.24) is 0 Å². The molecular weight excluding hydrogens is 208 g/mol. The lowest BCUT2D eigenvalue weighted by atomic mass is 10.0. The highest BCUT2D eigenvalue weighted by Gasteiger charge is 2.12. The van der Waals surface area contributed by atoms with Crippen LogP contribution in [0.5, 0.6) is 0 Å². The molecule has 1 atom stereocenters. The molecule has 0 spiro atoms. The third-order valence-corrected chi connectivity index (χ3v) is 2.04. The van der Waals surface area contributed by atoms with Gasteiger partial charge in [-0.1, -0.05) is 33.1 Å². The van der Waals surface area contributed by atoms with E-state index in [4.69, 9.17) is 0 Å². The van der Waals surface area contributed by atoms with Gasteiger partial charge in [0, 0.05) is 0 Å². The molecule has 0 amide bonds. The summed E-state index contributed by atoms with van der Waals surface area (Å²) in [6, 6.07) is 0. The van der Waals surface area contributed by atoms with Crippen LogP contribution in [0.15, 0.2) is 0 Å². The van der Waals surface area contributed by atoms with E-state index in [1.807, 2.05) is 6.92 Å². The highest BCUT2D eigenvalue weighted by Crippen LogP contribution is 2.11. The Hall–Kier alpha value is -0.0500. The molecule has 0 aliphatic carbocycles. The van der Waals surface area contributed by atoms with E-state index >= 15 is 0 Å². The number of carbonyl (C=O) groups is 1. The van der Waals surface area contributed by atoms with Crippen molar-refractivity contribution in [2.75, 3.05) is 0 Å². The normalized spacial score (nSPS) is 12.6. The number of halogens is 1. The molecule has 0 saturated heterocycles. The van der Waals surface area contributed by atoms with Crippen LogP contribution in [0.2, 0.25) is 0 Å². The summed E-state index contributed by atoms with van der Waals surface area (Å²) in [6.45, 7) is 4.03. The number of rotatable bonds is 5. The maximum Gasteiger partial charge on any atom is 0.320 e. The predicted octanol–water partition coefficient (Wildman–Crippen LogP) is 3.06. The van der Waals surface area contributed by atoms with Crippen molar-refractivity contribution in [3.63, 3.8) is 0 Å². The minimum Gasteiger partial charge on any atom is -0.383 e. The Morgan fingerprint density at radius 3 is 2.64 bits per heavy atom. The van der Waals surface area contributed by atoms with Crippen LogP contribution in [0.3, 0.4) is 0 Å². The molecule has 0 aromatic carbocycles. The maximum atomic E-state index is 10.8. The van der Waals surface area contributed by atoms with Gasteiger partial charge in [-0.25, -0.2) is 0 Å². The lowest BCUT2D eigenvalue weighted by molar-refractivity contribution is -0.136. The molecule has 0 N–H and O–H groups in total. The summed E-state index contributed by atoms with van der Waals surface area (Å²) in [5, 5.41) is 0. The first kappa shape index (κ1) is 11.0. The second-order valence-corrected chi connectivity index (χ2v) is 3.12. The predicted molar refractivity (Wildman–Crippen MR) is 48.3 cm³/mol. The van der Waals surface area contributed by atoms with E-state index in [1.165, 1.54) is 12.8 Å². The van der Waals surface area contributed by atoms with E-state index in [1.54, 1.807) is 0 Å². The lowest BCUT2D eigenvalue weighted by Crippen LogP contribution is -2.09. The van der Waals surface area contributed by atoms with Gasteiger partial charge in [-0.15, -0.1) is 0 Å². The number of unbranched alkanes of at least 4 members (excludes halogenated alkanes) is 2. The van der Waals surface area contributed by atoms with Crippen LogP contribution in [0.4, 0.5) is 0 Å². The lowest BCUT2D eigenvalue weighted by Gasteiger charge is -2.05. The summed E-state index contributed by atoms with van der Waals surface area (Å²) < 4.78 is 4.42. The Kier molecular flexibility index (Phi) is 6.62. The molecule has 0 aliphatic rings. The second-order valence-electron chi connectivity index (χ2n) is 2.79. The molecule has 0 fully saturated rings. The SMILES string of the molecule is CCCCCC(C)C(=O)OBr. The van der Waals surface area contributed by atoms with Gasteiger partial charge in [-0.3, -0.25) is 4.79 Å². The molecule has 3 heteroatoms. The fourth-order valence-electron chi connectivity index (χ4n) is 0.894. The van der Waals surface area contributed by atoms with E-state index in [0.29, 0.717) is 0 Å². The molecule has 0 saturated carbocycles. The molecular formula is C8H15BrO2. The largest absolute Gasteiger partial charge is 0.383 e. The maximum absolute atomic E-state index is 10.8. The first-order valence-electron chi connectivity index (χ1n) is 4.04. The summed E-state index contributed by atoms with van der Waals surface area (Å²) in [4.78, 5) is 10.8. The molecule has 0 aliphatic heterocycles. The first-order chi connectivity index (χ1) is 5.22. The van der Waals surface area contributed by atoms with Gasteiger partial charge in [0.15, 0.2) is 16.3 Å². The molecule has 0 radical (unpaired) electrons. The standard InChI is InChI=1S/C8H15BrO2/c1-3-4-5-6-7(2)8(10)11-9/h7H,3-6H2,1-2H3. The van der Waals surface area contributed by atoms with Crippen molar-refractivity contribution in [1.29, 1.82) is 0 Å². The van der Waals surface area contributed by atoms with Crippen LogP contribution in [0.25, 0.3) is 0 Å². The molecule has 0 rings (SSSR count). The Morgan fingerprint density at radius 2 is 2.18 bits per heavy atom. The van der Waals surface area contributed by atoms with Crippen LogP contribution < -0.4 is 0 Å². The van der Waals surface area contributed by atoms with Crippen molar-refractivity contribution >= 4 is 22.2 Å². The zero-order chi connectivity index (χ0) is 8.69. The fraction of sp³-hybridized carbons (Fsp3) is 0.875. The topological polar surface area (TPSA) is 26.3 Å². The third-order valence-electron chi connectivity index (χ3n) is 1.72.